The van der Waals surface area contributed by atoms with Gasteiger partial charge in [0.05, 0.1) is 22.1 Å². The number of non-ortho nitro benzene ring substituents is 1. The standard InChI is InChI=1S/C16H10Cl2N4O4/c17-10-3-1-9(2-4-10)15-20-14(26-21-15)8-19-16(23)12-7-11(22(24)25)5-6-13(12)18/h1-7H,8H2,(H,19,23). The van der Waals surface area contributed by atoms with Crippen LogP contribution in [0.4, 0.5) is 5.69 Å². The minimum absolute atomic E-state index is 0.0155. The Bertz CT molecular complexity index is 973. The van der Waals surface area contributed by atoms with Crippen molar-refractivity contribution in [1.29, 1.82) is 0 Å². The van der Waals surface area contributed by atoms with Crippen molar-refractivity contribution < 1.29 is 14.2 Å². The van der Waals surface area contributed by atoms with Crippen LogP contribution in [0.15, 0.2) is 47.0 Å². The van der Waals surface area contributed by atoms with Crippen molar-refractivity contribution in [3.8, 4) is 11.4 Å². The summed E-state index contributed by atoms with van der Waals surface area (Å²) in [6.45, 7) is -0.0571. The Morgan fingerprint density at radius 1 is 1.19 bits per heavy atom. The van der Waals surface area contributed by atoms with Gasteiger partial charge in [-0.2, -0.15) is 4.98 Å². The van der Waals surface area contributed by atoms with Crippen molar-refractivity contribution in [2.24, 2.45) is 0 Å². The average Bonchev–Trinajstić information content (AvgIpc) is 3.09. The fourth-order valence-electron chi connectivity index (χ4n) is 2.09. The molecule has 0 aliphatic heterocycles. The molecule has 3 rings (SSSR count). The Morgan fingerprint density at radius 2 is 1.92 bits per heavy atom. The van der Waals surface area contributed by atoms with Crippen LogP contribution in [-0.2, 0) is 6.54 Å². The molecule has 1 amide bonds. The van der Waals surface area contributed by atoms with Gasteiger partial charge >= 0.3 is 0 Å². The summed E-state index contributed by atoms with van der Waals surface area (Å²) in [5.74, 6) is -0.0749. The molecule has 1 heterocycles. The van der Waals surface area contributed by atoms with Gasteiger partial charge in [-0.25, -0.2) is 0 Å². The zero-order valence-corrected chi connectivity index (χ0v) is 14.5. The van der Waals surface area contributed by atoms with E-state index in [1.165, 1.54) is 12.1 Å². The number of nitro groups is 1. The molecule has 0 aliphatic carbocycles. The van der Waals surface area contributed by atoms with Gasteiger partial charge < -0.3 is 9.84 Å². The van der Waals surface area contributed by atoms with E-state index in [0.717, 1.165) is 6.07 Å². The molecule has 0 bridgehead atoms. The third-order valence-electron chi connectivity index (χ3n) is 3.38. The van der Waals surface area contributed by atoms with Gasteiger partial charge in [0, 0.05) is 22.7 Å². The maximum atomic E-state index is 12.2. The molecule has 2 aromatic carbocycles. The van der Waals surface area contributed by atoms with E-state index in [-0.39, 0.29) is 28.7 Å². The third-order valence-corrected chi connectivity index (χ3v) is 3.96. The molecule has 3 aromatic rings. The van der Waals surface area contributed by atoms with Crippen molar-refractivity contribution in [1.82, 2.24) is 15.5 Å². The number of aromatic nitrogens is 2. The second kappa shape index (κ2) is 7.51. The van der Waals surface area contributed by atoms with Crippen LogP contribution in [-0.4, -0.2) is 21.0 Å². The van der Waals surface area contributed by atoms with Crippen LogP contribution in [0.1, 0.15) is 16.2 Å². The SMILES string of the molecule is O=C(NCc1nc(-c2ccc(Cl)cc2)no1)c1cc([N+](=O)[O-])ccc1Cl. The molecule has 1 N–H and O–H groups in total. The predicted molar refractivity (Wildman–Crippen MR) is 94.0 cm³/mol. The quantitative estimate of drug-likeness (QED) is 0.520. The molecule has 0 fully saturated rings. The van der Waals surface area contributed by atoms with Crippen LogP contribution >= 0.6 is 23.2 Å². The highest BCUT2D eigenvalue weighted by Crippen LogP contribution is 2.22. The minimum Gasteiger partial charge on any atom is -0.343 e. The number of nitrogens with one attached hydrogen (secondary N) is 1. The highest BCUT2D eigenvalue weighted by Gasteiger charge is 2.17. The van der Waals surface area contributed by atoms with Crippen LogP contribution in [0.25, 0.3) is 11.4 Å². The lowest BCUT2D eigenvalue weighted by Crippen LogP contribution is -2.23. The zero-order valence-electron chi connectivity index (χ0n) is 13.0. The number of amides is 1. The van der Waals surface area contributed by atoms with Crippen molar-refractivity contribution >= 4 is 34.8 Å². The summed E-state index contributed by atoms with van der Waals surface area (Å²) in [5, 5.41) is 17.9. The van der Waals surface area contributed by atoms with Gasteiger partial charge in [0.15, 0.2) is 0 Å². The van der Waals surface area contributed by atoms with Gasteiger partial charge in [-0.3, -0.25) is 14.9 Å². The van der Waals surface area contributed by atoms with Crippen LogP contribution in [0, 0.1) is 10.1 Å². The number of nitrogens with zero attached hydrogens (tertiary/aromatic N) is 3. The Morgan fingerprint density at radius 3 is 2.62 bits per heavy atom. The minimum atomic E-state index is -0.608. The lowest BCUT2D eigenvalue weighted by atomic mass is 10.2. The monoisotopic (exact) mass is 392 g/mol. The summed E-state index contributed by atoms with van der Waals surface area (Å²) in [4.78, 5) is 26.6. The Labute approximate surface area is 156 Å². The number of halogens is 2. The first-order chi connectivity index (χ1) is 12.4. The van der Waals surface area contributed by atoms with E-state index in [0.29, 0.717) is 16.4 Å². The van der Waals surface area contributed by atoms with Crippen LogP contribution in [0.2, 0.25) is 10.0 Å². The number of nitro benzene ring substituents is 1. The van der Waals surface area contributed by atoms with Crippen molar-refractivity contribution in [3.63, 3.8) is 0 Å². The van der Waals surface area contributed by atoms with E-state index >= 15 is 0 Å². The van der Waals surface area contributed by atoms with Crippen LogP contribution < -0.4 is 5.32 Å². The summed E-state index contributed by atoms with van der Waals surface area (Å²) in [5.41, 5.74) is 0.457. The number of carbonyl (C=O) groups is 1. The van der Waals surface area contributed by atoms with E-state index in [1.54, 1.807) is 24.3 Å². The van der Waals surface area contributed by atoms with E-state index in [9.17, 15) is 14.9 Å². The second-order valence-corrected chi connectivity index (χ2v) is 5.97. The highest BCUT2D eigenvalue weighted by molar-refractivity contribution is 6.34. The number of carbonyl (C=O) groups excluding carboxylic acids is 1. The van der Waals surface area contributed by atoms with Gasteiger partial charge in [-0.15, -0.1) is 0 Å². The smallest absolute Gasteiger partial charge is 0.270 e. The second-order valence-electron chi connectivity index (χ2n) is 5.12. The number of rotatable bonds is 5. The maximum Gasteiger partial charge on any atom is 0.270 e. The first kappa shape index (κ1) is 17.8. The normalized spacial score (nSPS) is 10.5. The zero-order chi connectivity index (χ0) is 18.7. The van der Waals surface area contributed by atoms with Crippen molar-refractivity contribution in [2.75, 3.05) is 0 Å². The Hall–Kier alpha value is -2.97. The largest absolute Gasteiger partial charge is 0.343 e. The van der Waals surface area contributed by atoms with E-state index in [4.69, 9.17) is 27.7 Å². The summed E-state index contributed by atoms with van der Waals surface area (Å²) in [7, 11) is 0. The summed E-state index contributed by atoms with van der Waals surface area (Å²) >= 11 is 11.8. The van der Waals surface area contributed by atoms with Gasteiger partial charge in [0.2, 0.25) is 11.7 Å². The molecular formula is C16H10Cl2N4O4. The average molecular weight is 393 g/mol. The van der Waals surface area contributed by atoms with Crippen molar-refractivity contribution in [3.05, 3.63) is 74.1 Å². The topological polar surface area (TPSA) is 111 Å². The number of benzene rings is 2. The molecule has 132 valence electrons. The highest BCUT2D eigenvalue weighted by atomic mass is 35.5. The first-order valence-electron chi connectivity index (χ1n) is 7.24. The summed E-state index contributed by atoms with van der Waals surface area (Å²) in [6.07, 6.45) is 0. The van der Waals surface area contributed by atoms with Crippen LogP contribution in [0.3, 0.4) is 0 Å². The lowest BCUT2D eigenvalue weighted by Gasteiger charge is -2.04. The molecule has 0 saturated carbocycles. The molecule has 0 unspecified atom stereocenters. The van der Waals surface area contributed by atoms with Crippen LogP contribution in [0.5, 0.6) is 0 Å². The van der Waals surface area contributed by atoms with Crippen molar-refractivity contribution in [2.45, 2.75) is 6.54 Å². The molecule has 0 saturated heterocycles. The molecule has 26 heavy (non-hydrogen) atoms. The molecule has 1 aromatic heterocycles. The first-order valence-corrected chi connectivity index (χ1v) is 8.00. The Kier molecular flexibility index (Phi) is 5.15. The Balaban J connectivity index is 1.70. The number of hydrogen-bond donors (Lipinski definition) is 1. The van der Waals surface area contributed by atoms with Gasteiger partial charge in [0.25, 0.3) is 11.6 Å². The third kappa shape index (κ3) is 3.98. The molecule has 10 heteroatoms. The summed E-state index contributed by atoms with van der Waals surface area (Å²) in [6, 6.07) is 10.5. The molecule has 0 radical (unpaired) electrons. The van der Waals surface area contributed by atoms with E-state index in [2.05, 4.69) is 15.5 Å². The molecular weight excluding hydrogens is 383 g/mol. The molecule has 0 spiro atoms. The fraction of sp³-hybridized carbons (Fsp3) is 0.0625. The van der Waals surface area contributed by atoms with Gasteiger partial charge in [0.1, 0.15) is 0 Å². The summed E-state index contributed by atoms with van der Waals surface area (Å²) < 4.78 is 5.08. The maximum absolute atomic E-state index is 12.2. The van der Waals surface area contributed by atoms with Gasteiger partial charge in [-0.1, -0.05) is 28.4 Å². The fourth-order valence-corrected chi connectivity index (χ4v) is 2.42. The lowest BCUT2D eigenvalue weighted by molar-refractivity contribution is -0.384. The predicted octanol–water partition coefficient (Wildman–Crippen LogP) is 3.88. The molecule has 0 aliphatic rings. The number of hydrogen-bond acceptors (Lipinski definition) is 6. The molecule has 0 atom stereocenters. The molecule has 8 nitrogen and oxygen atoms in total. The van der Waals surface area contributed by atoms with E-state index in [1.807, 2.05) is 0 Å². The van der Waals surface area contributed by atoms with E-state index < -0.39 is 10.8 Å². The van der Waals surface area contributed by atoms with Gasteiger partial charge in [-0.05, 0) is 30.3 Å².